The fraction of sp³-hybridized carbons (Fsp3) is 0.0455. The van der Waals surface area contributed by atoms with Gasteiger partial charge in [0, 0.05) is 0 Å². The summed E-state index contributed by atoms with van der Waals surface area (Å²) in [7, 11) is 157. The average Bonchev–Trinajstić information content (AvgIpc) is 3.76. The first-order valence-electron chi connectivity index (χ1n) is 21.5. The van der Waals surface area contributed by atoms with Crippen LogP contribution in [0.3, 0.4) is 0 Å². The standard InChI is InChI=1S/C44H9B24N2O5/c1-2(3-14(47)30(63)37(31(64)15(3)48)70-38-36(29(62)35(68)42(74)43(38)75)69-44(70)11-19(52)23(56)27(60)24(57)20(11)53)12(45)8-4(10-40(72)33(66)28(61)34(67)41(10)73)5-7(39(71)32(65)25(58)16(5)49)6(13(8)46)9-17(50)21(54)26(59)22(55)18(9)51/h8,71-75H,1H3/b12-2-. The molecule has 1 aromatic heterocycles. The third-order valence-corrected chi connectivity index (χ3v) is 13.8. The molecule has 31 heteroatoms. The van der Waals surface area contributed by atoms with Crippen LogP contribution in [-0.4, -0.2) is 228 Å². The second-order valence-electron chi connectivity index (χ2n) is 17.7. The molecule has 1 atom stereocenters. The summed E-state index contributed by atoms with van der Waals surface area (Å²) in [5, 5.41) is 57.8. The Bertz CT molecular complexity index is 3920. The molecule has 0 aliphatic heterocycles. The Morgan fingerprint density at radius 1 is 0.400 bits per heavy atom. The van der Waals surface area contributed by atoms with Crippen LogP contribution in [0.5, 0.6) is 28.7 Å². The Kier molecular flexibility index (Phi) is 14.4. The molecule has 0 bridgehead atoms. The van der Waals surface area contributed by atoms with E-state index in [1.54, 1.807) is 0 Å². The fourth-order valence-electron chi connectivity index (χ4n) is 9.54. The third-order valence-electron chi connectivity index (χ3n) is 13.8. The molecule has 0 spiro atoms. The predicted octanol–water partition coefficient (Wildman–Crippen LogP) is -20.3. The number of fused-ring (bicyclic) bond motifs is 2. The minimum absolute atomic E-state index is 0.0946. The number of aromatic nitrogens is 2. The van der Waals surface area contributed by atoms with Crippen molar-refractivity contribution in [2.45, 2.75) is 6.92 Å². The zero-order valence-electron chi connectivity index (χ0n) is 39.6. The van der Waals surface area contributed by atoms with Gasteiger partial charge >= 0.3 is 386 Å². The van der Waals surface area contributed by atoms with Gasteiger partial charge in [-0.1, -0.05) is 5.46 Å². The van der Waals surface area contributed by atoms with E-state index in [2.05, 4.69) is 4.98 Å². The summed E-state index contributed by atoms with van der Waals surface area (Å²) in [6.07, 6.45) is 0. The van der Waals surface area contributed by atoms with Crippen LogP contribution in [-0.2, 0) is 0 Å². The number of imidazole rings is 1. The van der Waals surface area contributed by atoms with Crippen molar-refractivity contribution in [3.8, 4) is 45.8 Å². The van der Waals surface area contributed by atoms with E-state index >= 15 is 0 Å². The number of rotatable bonds is 6. The molecule has 75 heavy (non-hydrogen) atoms. The van der Waals surface area contributed by atoms with E-state index in [0.717, 1.165) is 4.57 Å². The van der Waals surface area contributed by atoms with Crippen molar-refractivity contribution >= 4 is 341 Å². The van der Waals surface area contributed by atoms with Crippen molar-refractivity contribution in [3.63, 3.8) is 0 Å². The Morgan fingerprint density at radius 3 is 1.25 bits per heavy atom. The maximum atomic E-state index is 12.1. The minimum atomic E-state index is -1.75. The molecule has 0 amide bonds. The summed E-state index contributed by atoms with van der Waals surface area (Å²) in [5.41, 5.74) is -11.3. The van der Waals surface area contributed by atoms with E-state index in [1.165, 1.54) is 6.92 Å². The number of allylic oxidation sites excluding steroid dienone is 2. The molecular formula is C44H9B24N2O5. The van der Waals surface area contributed by atoms with Crippen molar-refractivity contribution in [2.75, 3.05) is 0 Å². The Balaban J connectivity index is 1.56. The fourth-order valence-corrected chi connectivity index (χ4v) is 9.54. The van der Waals surface area contributed by atoms with E-state index in [9.17, 15) is 25.5 Å². The van der Waals surface area contributed by atoms with Crippen LogP contribution >= 0.6 is 0 Å². The number of nitrogens with zero attached hydrogens (tertiary/aromatic N) is 2. The Hall–Kier alpha value is -5.30. The van der Waals surface area contributed by atoms with E-state index in [4.69, 9.17) is 188 Å². The van der Waals surface area contributed by atoms with Crippen molar-refractivity contribution in [1.29, 1.82) is 0 Å². The van der Waals surface area contributed by atoms with E-state index in [0.29, 0.717) is 0 Å². The number of hydrogen-bond acceptors (Lipinski definition) is 6. The van der Waals surface area contributed by atoms with Crippen molar-refractivity contribution < 1.29 is 25.5 Å². The Labute approximate surface area is 464 Å². The van der Waals surface area contributed by atoms with Crippen LogP contribution in [0.2, 0.25) is 0 Å². The van der Waals surface area contributed by atoms with Crippen LogP contribution in [0, 0.1) is 5.92 Å². The topological polar surface area (TPSA) is 119 Å². The molecule has 297 valence electrons. The van der Waals surface area contributed by atoms with Crippen molar-refractivity contribution in [3.05, 3.63) is 32.6 Å². The van der Waals surface area contributed by atoms with E-state index in [1.807, 2.05) is 0 Å². The number of hydrogen-bond donors (Lipinski definition) is 5. The quantitative estimate of drug-likeness (QED) is 0.0838. The first-order valence-corrected chi connectivity index (χ1v) is 21.5. The molecule has 1 aliphatic rings. The van der Waals surface area contributed by atoms with Gasteiger partial charge in [0.2, 0.25) is 0 Å². The number of aromatic hydroxyl groups is 5. The van der Waals surface area contributed by atoms with E-state index < -0.39 is 94.9 Å². The van der Waals surface area contributed by atoms with Gasteiger partial charge in [0.15, 0.2) is 0 Å². The van der Waals surface area contributed by atoms with Gasteiger partial charge in [-0.3, -0.25) is 0 Å². The molecule has 1 aliphatic carbocycles. The summed E-state index contributed by atoms with van der Waals surface area (Å²) in [5.74, 6) is -6.38. The van der Waals surface area contributed by atoms with Gasteiger partial charge in [-0.2, -0.15) is 0 Å². The van der Waals surface area contributed by atoms with Gasteiger partial charge in [0.25, 0.3) is 0 Å². The maximum absolute atomic E-state index is 12.1. The van der Waals surface area contributed by atoms with Crippen molar-refractivity contribution in [2.24, 2.45) is 5.92 Å². The Morgan fingerprint density at radius 2 is 0.787 bits per heavy atom. The number of phenols is 5. The van der Waals surface area contributed by atoms with Gasteiger partial charge < -0.3 is 5.11 Å². The second kappa shape index (κ2) is 19.3. The predicted molar refractivity (Wildman–Crippen MR) is 330 cm³/mol. The first kappa shape index (κ1) is 55.9. The third kappa shape index (κ3) is 7.74. The van der Waals surface area contributed by atoms with E-state index in [-0.39, 0.29) is 143 Å². The van der Waals surface area contributed by atoms with Crippen LogP contribution in [0.4, 0.5) is 0 Å². The zero-order chi connectivity index (χ0) is 56.1. The van der Waals surface area contributed by atoms with Gasteiger partial charge in [-0.25, -0.2) is 0 Å². The molecule has 1 unspecified atom stereocenters. The van der Waals surface area contributed by atoms with Gasteiger partial charge in [0.1, 0.15) is 54.9 Å². The molecule has 6 aromatic carbocycles. The molecule has 0 saturated carbocycles. The summed E-state index contributed by atoms with van der Waals surface area (Å²) < 4.78 is 1.07. The monoisotopic (exact) mass is 909 g/mol. The summed E-state index contributed by atoms with van der Waals surface area (Å²) >= 11 is 0. The first-order chi connectivity index (χ1) is 34.8. The van der Waals surface area contributed by atoms with Crippen molar-refractivity contribution in [1.82, 2.24) is 9.55 Å². The molecule has 0 fully saturated rings. The van der Waals surface area contributed by atoms with Gasteiger partial charge in [0.05, 0.1) is 0 Å². The second-order valence-corrected chi connectivity index (χ2v) is 17.7. The van der Waals surface area contributed by atoms with Crippen LogP contribution in [0.25, 0.3) is 44.8 Å². The summed E-state index contributed by atoms with van der Waals surface area (Å²) in [6, 6.07) is 0. The van der Waals surface area contributed by atoms with Crippen LogP contribution in [0.15, 0.2) is 5.47 Å². The molecule has 8 rings (SSSR count). The van der Waals surface area contributed by atoms with Gasteiger partial charge in [-0.15, -0.1) is 16.4 Å². The molecule has 7 aromatic rings. The zero-order valence-corrected chi connectivity index (χ0v) is 39.6. The number of phenolic OH excluding ortho intramolecular Hbond substituents is 5. The van der Waals surface area contributed by atoms with Crippen LogP contribution < -0.4 is 131 Å². The number of benzene rings is 6. The SMILES string of the molecule is [B]/C(=C(/C)c1c([B])c([B])c(-n2c(-c3c([B])c([B])c([B])c([B])c3[B])nc3c([B])c([B])c(O)c(O)c32)c([B])c1[B])C1C(=[B])C(c2c([B])c([B])c([B])c([B])c2[B])=c2c(O)c([B])c([B])c([B])c2=C1c1c(O)c([B])c([B])c([B])c1O. The molecule has 0 saturated heterocycles. The normalized spacial score (nSPS) is 13.9. The average molecular weight is 905 g/mol. The molecule has 5 N–H and O–H groups in total. The molecule has 1 heterocycles. The summed E-state index contributed by atoms with van der Waals surface area (Å²) in [4.78, 5) is 4.60. The molecule has 47 radical (unpaired) electrons. The molecule has 7 nitrogen and oxygen atoms in total. The van der Waals surface area contributed by atoms with Crippen LogP contribution in [0.1, 0.15) is 23.6 Å². The molecular weight excluding hydrogens is 896 g/mol. The summed E-state index contributed by atoms with van der Waals surface area (Å²) in [6.45, 7) is 1.40. The van der Waals surface area contributed by atoms with Gasteiger partial charge in [-0.05, 0) is 0 Å².